The fourth-order valence-corrected chi connectivity index (χ4v) is 3.19. The van der Waals surface area contributed by atoms with Crippen LogP contribution in [0.4, 0.5) is 4.79 Å². The fourth-order valence-electron chi connectivity index (χ4n) is 1.67. The number of carboxylic acids is 1. The highest BCUT2D eigenvalue weighted by atomic mass is 32.2. The number of nitrogens with one attached hydrogen (secondary N) is 1. The second-order valence-corrected chi connectivity index (χ2v) is 5.84. The summed E-state index contributed by atoms with van der Waals surface area (Å²) in [4.78, 5) is 23.2. The quantitative estimate of drug-likeness (QED) is 0.647. The Morgan fingerprint density at radius 1 is 1.50 bits per heavy atom. The van der Waals surface area contributed by atoms with Crippen LogP contribution in [-0.4, -0.2) is 61.6 Å². The van der Waals surface area contributed by atoms with Crippen molar-refractivity contribution in [3.8, 4) is 0 Å². The maximum absolute atomic E-state index is 11.4. The SMILES string of the molecule is CNC(=O)N1CCS(=O)(=O)CC1CC(=O)O. The molecule has 1 atom stereocenters. The summed E-state index contributed by atoms with van der Waals surface area (Å²) < 4.78 is 22.7. The monoisotopic (exact) mass is 250 g/mol. The molecular formula is C8H14N2O5S. The van der Waals surface area contributed by atoms with Gasteiger partial charge in [0.1, 0.15) is 0 Å². The van der Waals surface area contributed by atoms with Crippen molar-refractivity contribution in [2.45, 2.75) is 12.5 Å². The number of nitrogens with zero attached hydrogens (tertiary/aromatic N) is 1. The third-order valence-electron chi connectivity index (χ3n) is 2.42. The number of urea groups is 1. The lowest BCUT2D eigenvalue weighted by Gasteiger charge is -2.34. The molecule has 16 heavy (non-hydrogen) atoms. The van der Waals surface area contributed by atoms with Gasteiger partial charge >= 0.3 is 12.0 Å². The Hall–Kier alpha value is -1.31. The normalized spacial score (nSPS) is 23.8. The van der Waals surface area contributed by atoms with Crippen LogP contribution < -0.4 is 5.32 Å². The van der Waals surface area contributed by atoms with Crippen LogP contribution in [0.3, 0.4) is 0 Å². The molecule has 0 spiro atoms. The summed E-state index contributed by atoms with van der Waals surface area (Å²) in [5.41, 5.74) is 0. The van der Waals surface area contributed by atoms with Crippen LogP contribution in [0.15, 0.2) is 0 Å². The first kappa shape index (κ1) is 12.8. The maximum atomic E-state index is 11.4. The number of hydrogen-bond donors (Lipinski definition) is 2. The van der Waals surface area contributed by atoms with E-state index in [0.717, 1.165) is 0 Å². The van der Waals surface area contributed by atoms with Gasteiger partial charge in [-0.1, -0.05) is 0 Å². The van der Waals surface area contributed by atoms with E-state index in [2.05, 4.69) is 5.32 Å². The van der Waals surface area contributed by atoms with Crippen LogP contribution in [0.1, 0.15) is 6.42 Å². The summed E-state index contributed by atoms with van der Waals surface area (Å²) in [7, 11) is -1.82. The van der Waals surface area contributed by atoms with Gasteiger partial charge in [-0.3, -0.25) is 4.79 Å². The Kier molecular flexibility index (Phi) is 3.74. The Labute approximate surface area is 93.3 Å². The van der Waals surface area contributed by atoms with Crippen molar-refractivity contribution in [2.75, 3.05) is 25.1 Å². The first-order chi connectivity index (χ1) is 7.35. The van der Waals surface area contributed by atoms with Gasteiger partial charge < -0.3 is 15.3 Å². The van der Waals surface area contributed by atoms with Crippen LogP contribution in [0.5, 0.6) is 0 Å². The van der Waals surface area contributed by atoms with Crippen molar-refractivity contribution < 1.29 is 23.1 Å². The minimum absolute atomic E-state index is 0.0416. The lowest BCUT2D eigenvalue weighted by molar-refractivity contribution is -0.138. The molecule has 0 radical (unpaired) electrons. The van der Waals surface area contributed by atoms with E-state index in [-0.39, 0.29) is 24.5 Å². The van der Waals surface area contributed by atoms with Gasteiger partial charge in [0.25, 0.3) is 0 Å². The summed E-state index contributed by atoms with van der Waals surface area (Å²) in [5, 5.41) is 11.0. The van der Waals surface area contributed by atoms with Crippen LogP contribution >= 0.6 is 0 Å². The van der Waals surface area contributed by atoms with E-state index in [9.17, 15) is 18.0 Å². The summed E-state index contributed by atoms with van der Waals surface area (Å²) in [6, 6.07) is -1.22. The van der Waals surface area contributed by atoms with Crippen molar-refractivity contribution in [3.05, 3.63) is 0 Å². The molecule has 0 aromatic heterocycles. The Balaban J connectivity index is 2.83. The predicted octanol–water partition coefficient (Wildman–Crippen LogP) is -1.10. The predicted molar refractivity (Wildman–Crippen MR) is 55.9 cm³/mol. The molecule has 92 valence electrons. The molecule has 7 nitrogen and oxygen atoms in total. The molecule has 1 aliphatic heterocycles. The molecule has 1 aliphatic rings. The third-order valence-corrected chi connectivity index (χ3v) is 4.11. The number of carbonyl (C=O) groups excluding carboxylic acids is 1. The molecule has 0 saturated carbocycles. The summed E-state index contributed by atoms with van der Waals surface area (Å²) in [5.74, 6) is -1.51. The molecule has 1 saturated heterocycles. The molecule has 1 fully saturated rings. The van der Waals surface area contributed by atoms with Gasteiger partial charge in [-0.25, -0.2) is 13.2 Å². The summed E-state index contributed by atoms with van der Waals surface area (Å²) >= 11 is 0. The van der Waals surface area contributed by atoms with E-state index >= 15 is 0 Å². The minimum atomic E-state index is -3.24. The van der Waals surface area contributed by atoms with Gasteiger partial charge in [-0.05, 0) is 0 Å². The van der Waals surface area contributed by atoms with Gasteiger partial charge in [-0.15, -0.1) is 0 Å². The van der Waals surface area contributed by atoms with Crippen molar-refractivity contribution in [1.82, 2.24) is 10.2 Å². The van der Waals surface area contributed by atoms with E-state index in [1.807, 2.05) is 0 Å². The highest BCUT2D eigenvalue weighted by Gasteiger charge is 2.34. The van der Waals surface area contributed by atoms with E-state index in [4.69, 9.17) is 5.11 Å². The average Bonchev–Trinajstić information content (AvgIpc) is 2.14. The Morgan fingerprint density at radius 3 is 2.62 bits per heavy atom. The third kappa shape index (κ3) is 3.09. The molecule has 0 aliphatic carbocycles. The molecule has 2 amide bonds. The molecule has 2 N–H and O–H groups in total. The van der Waals surface area contributed by atoms with Gasteiger partial charge in [0.15, 0.2) is 9.84 Å². The number of amides is 2. The number of sulfone groups is 1. The maximum Gasteiger partial charge on any atom is 0.317 e. The van der Waals surface area contributed by atoms with Crippen molar-refractivity contribution in [3.63, 3.8) is 0 Å². The van der Waals surface area contributed by atoms with E-state index in [0.29, 0.717) is 0 Å². The highest BCUT2D eigenvalue weighted by molar-refractivity contribution is 7.91. The Bertz CT molecular complexity index is 391. The molecule has 1 unspecified atom stereocenters. The lowest BCUT2D eigenvalue weighted by Crippen LogP contribution is -2.54. The largest absolute Gasteiger partial charge is 0.481 e. The highest BCUT2D eigenvalue weighted by Crippen LogP contribution is 2.14. The van der Waals surface area contributed by atoms with Gasteiger partial charge in [-0.2, -0.15) is 0 Å². The second-order valence-electron chi connectivity index (χ2n) is 3.61. The van der Waals surface area contributed by atoms with Crippen LogP contribution in [0.2, 0.25) is 0 Å². The fraction of sp³-hybridized carbons (Fsp3) is 0.750. The van der Waals surface area contributed by atoms with Gasteiger partial charge in [0.05, 0.1) is 24.0 Å². The summed E-state index contributed by atoms with van der Waals surface area (Å²) in [6.07, 6.45) is -0.355. The molecule has 1 heterocycles. The standard InChI is InChI=1S/C8H14N2O5S/c1-9-8(13)10-2-3-16(14,15)5-6(10)4-7(11)12/h6H,2-5H2,1H3,(H,9,13)(H,11,12). The van der Waals surface area contributed by atoms with Crippen molar-refractivity contribution in [2.24, 2.45) is 0 Å². The van der Waals surface area contributed by atoms with Gasteiger partial charge in [0, 0.05) is 13.6 Å². The molecule has 1 rings (SSSR count). The molecule has 8 heteroatoms. The van der Waals surface area contributed by atoms with E-state index in [1.54, 1.807) is 0 Å². The van der Waals surface area contributed by atoms with Crippen LogP contribution in [0, 0.1) is 0 Å². The number of hydrogen-bond acceptors (Lipinski definition) is 4. The second kappa shape index (κ2) is 4.69. The van der Waals surface area contributed by atoms with Crippen LogP contribution in [-0.2, 0) is 14.6 Å². The molecule has 0 bridgehead atoms. The van der Waals surface area contributed by atoms with Gasteiger partial charge in [0.2, 0.25) is 0 Å². The van der Waals surface area contributed by atoms with Crippen molar-refractivity contribution >= 4 is 21.8 Å². The smallest absolute Gasteiger partial charge is 0.317 e. The topological polar surface area (TPSA) is 104 Å². The van der Waals surface area contributed by atoms with Crippen molar-refractivity contribution in [1.29, 1.82) is 0 Å². The minimum Gasteiger partial charge on any atom is -0.481 e. The Morgan fingerprint density at radius 2 is 2.12 bits per heavy atom. The molecular weight excluding hydrogens is 236 g/mol. The number of carbonyl (C=O) groups is 2. The first-order valence-corrected chi connectivity index (χ1v) is 6.58. The zero-order chi connectivity index (χ0) is 12.3. The first-order valence-electron chi connectivity index (χ1n) is 4.76. The molecule has 0 aromatic rings. The van der Waals surface area contributed by atoms with Crippen LogP contribution in [0.25, 0.3) is 0 Å². The number of rotatable bonds is 2. The number of aliphatic carboxylic acids is 1. The zero-order valence-corrected chi connectivity index (χ0v) is 9.66. The molecule has 0 aromatic carbocycles. The average molecular weight is 250 g/mol. The zero-order valence-electron chi connectivity index (χ0n) is 8.84. The number of carboxylic acid groups (broad SMARTS) is 1. The van der Waals surface area contributed by atoms with E-state index < -0.39 is 27.9 Å². The summed E-state index contributed by atoms with van der Waals surface area (Å²) in [6.45, 7) is 0.0416. The lowest BCUT2D eigenvalue weighted by atomic mass is 10.2. The van der Waals surface area contributed by atoms with E-state index in [1.165, 1.54) is 11.9 Å².